The van der Waals surface area contributed by atoms with Crippen molar-refractivity contribution in [2.45, 2.75) is 0 Å². The van der Waals surface area contributed by atoms with Gasteiger partial charge in [-0.15, -0.1) is 0 Å². The molecule has 1 aromatic carbocycles. The molecule has 2 nitrogen and oxygen atoms in total. The molecule has 0 N–H and O–H groups in total. The average Bonchev–Trinajstić information content (AvgIpc) is 2.02. The Morgan fingerprint density at radius 3 is 2.23 bits per heavy atom. The van der Waals surface area contributed by atoms with Crippen molar-refractivity contribution in [2.75, 3.05) is 6.26 Å². The summed E-state index contributed by atoms with van der Waals surface area (Å²) < 4.78 is 21.5. The van der Waals surface area contributed by atoms with E-state index in [-0.39, 0.29) is 0 Å². The molecule has 1 aromatic rings. The lowest BCUT2D eigenvalue weighted by Gasteiger charge is -1.92. The third-order valence-corrected chi connectivity index (χ3v) is 2.26. The van der Waals surface area contributed by atoms with Crippen LogP contribution in [0, 0.1) is 0 Å². The summed E-state index contributed by atoms with van der Waals surface area (Å²) in [4.78, 5) is 0. The smallest absolute Gasteiger partial charge is 0.168 e. The van der Waals surface area contributed by atoms with E-state index < -0.39 is 9.84 Å². The molecule has 0 fully saturated rings. The van der Waals surface area contributed by atoms with Crippen LogP contribution in [-0.4, -0.2) is 14.7 Å². The van der Waals surface area contributed by atoms with Gasteiger partial charge in [0.2, 0.25) is 0 Å². The molecule has 0 unspecified atom stereocenters. The molecule has 0 aliphatic rings. The standard InChI is InChI=1S/C9H9ClO2S/c1-13(11,12)7-6-8-2-4-9(10)5-3-8/h2-7H,1H3. The summed E-state index contributed by atoms with van der Waals surface area (Å²) in [5.74, 6) is 0. The summed E-state index contributed by atoms with van der Waals surface area (Å²) in [5.41, 5.74) is 0.815. The van der Waals surface area contributed by atoms with E-state index >= 15 is 0 Å². The average molecular weight is 217 g/mol. The van der Waals surface area contributed by atoms with Gasteiger partial charge in [0.05, 0.1) is 0 Å². The Hall–Kier alpha value is -0.800. The van der Waals surface area contributed by atoms with Crippen LogP contribution in [0.1, 0.15) is 5.56 Å². The Morgan fingerprint density at radius 2 is 1.77 bits per heavy atom. The van der Waals surface area contributed by atoms with Gasteiger partial charge in [-0.1, -0.05) is 23.7 Å². The highest BCUT2D eigenvalue weighted by Gasteiger charge is 1.93. The maximum absolute atomic E-state index is 10.8. The molecule has 0 aromatic heterocycles. The van der Waals surface area contributed by atoms with Gasteiger partial charge < -0.3 is 0 Å². The van der Waals surface area contributed by atoms with Crippen LogP contribution in [0.5, 0.6) is 0 Å². The fourth-order valence-corrected chi connectivity index (χ4v) is 1.31. The fraction of sp³-hybridized carbons (Fsp3) is 0.111. The summed E-state index contributed by atoms with van der Waals surface area (Å²) in [6, 6.07) is 6.93. The molecule has 0 saturated heterocycles. The number of benzene rings is 1. The monoisotopic (exact) mass is 216 g/mol. The number of rotatable bonds is 2. The summed E-state index contributed by atoms with van der Waals surface area (Å²) in [6.07, 6.45) is 2.69. The zero-order valence-corrected chi connectivity index (χ0v) is 8.64. The molecule has 1 rings (SSSR count). The molecular formula is C9H9ClO2S. The number of sulfone groups is 1. The number of hydrogen-bond donors (Lipinski definition) is 0. The van der Waals surface area contributed by atoms with E-state index in [2.05, 4.69) is 0 Å². The van der Waals surface area contributed by atoms with Gasteiger partial charge >= 0.3 is 0 Å². The third kappa shape index (κ3) is 4.10. The minimum Gasteiger partial charge on any atom is -0.225 e. The second-order valence-electron chi connectivity index (χ2n) is 2.68. The van der Waals surface area contributed by atoms with Crippen LogP contribution in [0.4, 0.5) is 0 Å². The molecule has 0 amide bonds. The molecule has 0 saturated carbocycles. The SMILES string of the molecule is CS(=O)(=O)C=Cc1ccc(Cl)cc1. The Balaban J connectivity index is 2.88. The normalized spacial score (nSPS) is 12.2. The lowest BCUT2D eigenvalue weighted by Crippen LogP contribution is -1.87. The summed E-state index contributed by atoms with van der Waals surface area (Å²) in [5, 5.41) is 1.80. The first-order valence-corrected chi connectivity index (χ1v) is 5.94. The lowest BCUT2D eigenvalue weighted by molar-refractivity contribution is 0.610. The molecule has 0 aliphatic carbocycles. The van der Waals surface area contributed by atoms with Crippen molar-refractivity contribution in [3.8, 4) is 0 Å². The van der Waals surface area contributed by atoms with Gasteiger partial charge in [0.15, 0.2) is 9.84 Å². The molecule has 0 heterocycles. The predicted octanol–water partition coefficient (Wildman–Crippen LogP) is 2.36. The van der Waals surface area contributed by atoms with E-state index in [9.17, 15) is 8.42 Å². The van der Waals surface area contributed by atoms with Crippen molar-refractivity contribution >= 4 is 27.5 Å². The Labute approximate surface area is 82.8 Å². The maximum atomic E-state index is 10.8. The molecule has 0 atom stereocenters. The van der Waals surface area contributed by atoms with E-state index in [4.69, 9.17) is 11.6 Å². The Morgan fingerprint density at radius 1 is 1.23 bits per heavy atom. The van der Waals surface area contributed by atoms with Crippen LogP contribution >= 0.6 is 11.6 Å². The van der Waals surface area contributed by atoms with Gasteiger partial charge in [0, 0.05) is 16.7 Å². The fourth-order valence-electron chi connectivity index (χ4n) is 0.776. The summed E-state index contributed by atoms with van der Waals surface area (Å²) in [7, 11) is -3.05. The van der Waals surface area contributed by atoms with Crippen molar-refractivity contribution < 1.29 is 8.42 Å². The van der Waals surface area contributed by atoms with Gasteiger partial charge in [-0.2, -0.15) is 0 Å². The number of hydrogen-bond acceptors (Lipinski definition) is 2. The van der Waals surface area contributed by atoms with Gasteiger partial charge in [0.1, 0.15) is 0 Å². The predicted molar refractivity (Wildman–Crippen MR) is 55.3 cm³/mol. The third-order valence-electron chi connectivity index (χ3n) is 1.38. The highest BCUT2D eigenvalue weighted by Crippen LogP contribution is 2.10. The molecule has 0 bridgehead atoms. The van der Waals surface area contributed by atoms with Crippen LogP contribution in [0.2, 0.25) is 5.02 Å². The van der Waals surface area contributed by atoms with Crippen LogP contribution in [0.15, 0.2) is 29.7 Å². The van der Waals surface area contributed by atoms with E-state index in [0.717, 1.165) is 17.2 Å². The van der Waals surface area contributed by atoms with Crippen molar-refractivity contribution in [1.29, 1.82) is 0 Å². The zero-order chi connectivity index (χ0) is 9.90. The topological polar surface area (TPSA) is 34.1 Å². The van der Waals surface area contributed by atoms with Crippen LogP contribution < -0.4 is 0 Å². The molecular weight excluding hydrogens is 208 g/mol. The summed E-state index contributed by atoms with van der Waals surface area (Å²) in [6.45, 7) is 0. The van der Waals surface area contributed by atoms with Gasteiger partial charge in [-0.05, 0) is 23.8 Å². The summed E-state index contributed by atoms with van der Waals surface area (Å²) >= 11 is 5.66. The molecule has 0 spiro atoms. The molecule has 4 heteroatoms. The minimum atomic E-state index is -3.05. The van der Waals surface area contributed by atoms with E-state index in [1.807, 2.05) is 0 Å². The Bertz CT molecular complexity index is 404. The van der Waals surface area contributed by atoms with Crippen molar-refractivity contribution in [3.05, 3.63) is 40.3 Å². The van der Waals surface area contributed by atoms with Crippen molar-refractivity contribution in [2.24, 2.45) is 0 Å². The minimum absolute atomic E-state index is 0.636. The highest BCUT2D eigenvalue weighted by atomic mass is 35.5. The largest absolute Gasteiger partial charge is 0.225 e. The first kappa shape index (κ1) is 10.3. The first-order chi connectivity index (χ1) is 5.97. The van der Waals surface area contributed by atoms with Crippen molar-refractivity contribution in [3.63, 3.8) is 0 Å². The van der Waals surface area contributed by atoms with E-state index in [1.165, 1.54) is 6.08 Å². The maximum Gasteiger partial charge on any atom is 0.168 e. The molecule has 0 aliphatic heterocycles. The van der Waals surface area contributed by atoms with Crippen LogP contribution in [0.3, 0.4) is 0 Å². The second-order valence-corrected chi connectivity index (χ2v) is 5.05. The highest BCUT2D eigenvalue weighted by molar-refractivity contribution is 7.93. The van der Waals surface area contributed by atoms with Gasteiger partial charge in [0.25, 0.3) is 0 Å². The first-order valence-electron chi connectivity index (χ1n) is 3.61. The molecule has 0 radical (unpaired) electrons. The number of halogens is 1. The van der Waals surface area contributed by atoms with Crippen LogP contribution in [0.25, 0.3) is 6.08 Å². The van der Waals surface area contributed by atoms with Gasteiger partial charge in [-0.25, -0.2) is 8.42 Å². The van der Waals surface area contributed by atoms with E-state index in [0.29, 0.717) is 5.02 Å². The molecule has 13 heavy (non-hydrogen) atoms. The Kier molecular flexibility index (Phi) is 3.12. The van der Waals surface area contributed by atoms with Crippen LogP contribution in [-0.2, 0) is 9.84 Å². The van der Waals surface area contributed by atoms with Gasteiger partial charge in [-0.3, -0.25) is 0 Å². The van der Waals surface area contributed by atoms with E-state index in [1.54, 1.807) is 24.3 Å². The second kappa shape index (κ2) is 3.94. The van der Waals surface area contributed by atoms with Crippen molar-refractivity contribution in [1.82, 2.24) is 0 Å². The zero-order valence-electron chi connectivity index (χ0n) is 7.07. The lowest BCUT2D eigenvalue weighted by atomic mass is 10.2. The molecule has 70 valence electrons. The quantitative estimate of drug-likeness (QED) is 0.761.